The van der Waals surface area contributed by atoms with Crippen LogP contribution in [0.1, 0.15) is 21.1 Å². The van der Waals surface area contributed by atoms with Gasteiger partial charge in [0, 0.05) is 18.5 Å². The van der Waals surface area contributed by atoms with Crippen LogP contribution in [0.2, 0.25) is 0 Å². The number of carbonyl (C=O) groups excluding carboxylic acids is 1. The Balaban J connectivity index is 1.62. The summed E-state index contributed by atoms with van der Waals surface area (Å²) in [5.74, 6) is 0.783. The van der Waals surface area contributed by atoms with Crippen molar-refractivity contribution in [3.05, 3.63) is 63.9 Å². The molecule has 3 aromatic rings. The van der Waals surface area contributed by atoms with Crippen molar-refractivity contribution >= 4 is 17.2 Å². The highest BCUT2D eigenvalue weighted by molar-refractivity contribution is 7.12. The van der Waals surface area contributed by atoms with Gasteiger partial charge in [-0.2, -0.15) is 0 Å². The van der Waals surface area contributed by atoms with Gasteiger partial charge in [-0.05, 0) is 42.6 Å². The highest BCUT2D eigenvalue weighted by atomic mass is 32.1. The number of halogens is 1. The van der Waals surface area contributed by atoms with E-state index in [1.54, 1.807) is 18.2 Å². The average Bonchev–Trinajstić information content (AvgIpc) is 3.18. The Bertz CT molecular complexity index is 795. The molecule has 0 bridgehead atoms. The van der Waals surface area contributed by atoms with E-state index in [4.69, 9.17) is 4.42 Å². The highest BCUT2D eigenvalue weighted by Crippen LogP contribution is 2.22. The molecule has 0 saturated carbocycles. The summed E-state index contributed by atoms with van der Waals surface area (Å²) in [6.07, 6.45) is 0.577. The van der Waals surface area contributed by atoms with Crippen molar-refractivity contribution in [2.75, 3.05) is 6.54 Å². The van der Waals surface area contributed by atoms with Crippen LogP contribution in [0.4, 0.5) is 4.39 Å². The molecule has 0 spiro atoms. The lowest BCUT2D eigenvalue weighted by molar-refractivity contribution is 0.0958. The largest absolute Gasteiger partial charge is 0.441 e. The van der Waals surface area contributed by atoms with Crippen molar-refractivity contribution in [2.45, 2.75) is 13.3 Å². The minimum absolute atomic E-state index is 0.0834. The molecule has 2 heterocycles. The van der Waals surface area contributed by atoms with Gasteiger partial charge in [0.1, 0.15) is 11.6 Å². The number of oxazole rings is 1. The van der Waals surface area contributed by atoms with E-state index in [0.29, 0.717) is 29.5 Å². The molecular weight excluding hydrogens is 315 g/mol. The molecule has 0 radical (unpaired) electrons. The monoisotopic (exact) mass is 330 g/mol. The lowest BCUT2D eigenvalue weighted by Gasteiger charge is -2.01. The van der Waals surface area contributed by atoms with E-state index in [0.717, 1.165) is 11.3 Å². The molecule has 0 aliphatic rings. The fraction of sp³-hybridized carbons (Fsp3) is 0.176. The number of carbonyl (C=O) groups is 1. The predicted molar refractivity (Wildman–Crippen MR) is 87.0 cm³/mol. The quantitative estimate of drug-likeness (QED) is 0.774. The number of rotatable bonds is 5. The topological polar surface area (TPSA) is 55.1 Å². The predicted octanol–water partition coefficient (Wildman–Crippen LogP) is 3.82. The number of nitrogens with one attached hydrogen (secondary N) is 1. The first-order valence-corrected chi connectivity index (χ1v) is 8.05. The fourth-order valence-electron chi connectivity index (χ4n) is 2.17. The van der Waals surface area contributed by atoms with Crippen LogP contribution in [-0.2, 0) is 6.42 Å². The van der Waals surface area contributed by atoms with Gasteiger partial charge in [0.25, 0.3) is 5.91 Å². The van der Waals surface area contributed by atoms with Crippen LogP contribution in [0.3, 0.4) is 0 Å². The van der Waals surface area contributed by atoms with Crippen molar-refractivity contribution in [3.63, 3.8) is 0 Å². The molecule has 23 heavy (non-hydrogen) atoms. The normalized spacial score (nSPS) is 10.7. The van der Waals surface area contributed by atoms with E-state index >= 15 is 0 Å². The Morgan fingerprint density at radius 2 is 2.09 bits per heavy atom. The molecule has 2 aromatic heterocycles. The van der Waals surface area contributed by atoms with Crippen molar-refractivity contribution in [3.8, 4) is 11.5 Å². The standard InChI is InChI=1S/C17H15FN2O2S/c1-11-14(8-9-19-16(21)15-3-2-10-23-15)20-17(22-11)12-4-6-13(18)7-5-12/h2-7,10H,8-9H2,1H3,(H,19,21). The van der Waals surface area contributed by atoms with Gasteiger partial charge < -0.3 is 9.73 Å². The number of nitrogens with zero attached hydrogens (tertiary/aromatic N) is 1. The van der Waals surface area contributed by atoms with Crippen molar-refractivity contribution in [2.24, 2.45) is 0 Å². The molecule has 0 unspecified atom stereocenters. The van der Waals surface area contributed by atoms with Gasteiger partial charge in [-0.25, -0.2) is 9.37 Å². The third kappa shape index (κ3) is 3.65. The molecule has 1 N–H and O–H groups in total. The molecule has 118 valence electrons. The second-order valence-electron chi connectivity index (χ2n) is 5.01. The van der Waals surface area contributed by atoms with Gasteiger partial charge in [-0.3, -0.25) is 4.79 Å². The molecule has 0 atom stereocenters. The van der Waals surface area contributed by atoms with Gasteiger partial charge >= 0.3 is 0 Å². The Kier molecular flexibility index (Phi) is 4.52. The average molecular weight is 330 g/mol. The number of hydrogen-bond donors (Lipinski definition) is 1. The van der Waals surface area contributed by atoms with Gasteiger partial charge in [0.05, 0.1) is 10.6 Å². The van der Waals surface area contributed by atoms with E-state index in [1.165, 1.54) is 23.5 Å². The summed E-state index contributed by atoms with van der Waals surface area (Å²) in [6.45, 7) is 2.31. The Morgan fingerprint density at radius 3 is 2.78 bits per heavy atom. The van der Waals surface area contributed by atoms with Gasteiger partial charge in [-0.1, -0.05) is 6.07 Å². The number of amides is 1. The van der Waals surface area contributed by atoms with E-state index in [-0.39, 0.29) is 11.7 Å². The second-order valence-corrected chi connectivity index (χ2v) is 5.96. The molecule has 3 rings (SSSR count). The molecule has 0 aliphatic carbocycles. The van der Waals surface area contributed by atoms with Crippen LogP contribution in [0.15, 0.2) is 46.2 Å². The lowest BCUT2D eigenvalue weighted by atomic mass is 10.2. The summed E-state index contributed by atoms with van der Waals surface area (Å²) in [4.78, 5) is 17.0. The minimum Gasteiger partial charge on any atom is -0.441 e. The molecule has 1 aromatic carbocycles. The summed E-state index contributed by atoms with van der Waals surface area (Å²) in [5.41, 5.74) is 1.51. The fourth-order valence-corrected chi connectivity index (χ4v) is 2.81. The lowest BCUT2D eigenvalue weighted by Crippen LogP contribution is -2.25. The first-order valence-electron chi connectivity index (χ1n) is 7.17. The molecule has 6 heteroatoms. The molecule has 1 amide bonds. The Morgan fingerprint density at radius 1 is 1.30 bits per heavy atom. The van der Waals surface area contributed by atoms with Crippen molar-refractivity contribution < 1.29 is 13.6 Å². The van der Waals surface area contributed by atoms with Gasteiger partial charge in [0.2, 0.25) is 5.89 Å². The summed E-state index contributed by atoms with van der Waals surface area (Å²) < 4.78 is 18.6. The van der Waals surface area contributed by atoms with Crippen LogP contribution in [0.25, 0.3) is 11.5 Å². The maximum absolute atomic E-state index is 13.0. The molecule has 0 fully saturated rings. The number of thiophene rings is 1. The zero-order valence-electron chi connectivity index (χ0n) is 12.5. The molecular formula is C17H15FN2O2S. The zero-order chi connectivity index (χ0) is 16.2. The van der Waals surface area contributed by atoms with Crippen LogP contribution in [-0.4, -0.2) is 17.4 Å². The Hall–Kier alpha value is -2.47. The van der Waals surface area contributed by atoms with Gasteiger partial charge in [0.15, 0.2) is 0 Å². The number of hydrogen-bond acceptors (Lipinski definition) is 4. The third-order valence-electron chi connectivity index (χ3n) is 3.38. The zero-order valence-corrected chi connectivity index (χ0v) is 13.3. The summed E-state index contributed by atoms with van der Waals surface area (Å²) in [7, 11) is 0. The molecule has 0 saturated heterocycles. The first kappa shape index (κ1) is 15.4. The third-order valence-corrected chi connectivity index (χ3v) is 4.24. The van der Waals surface area contributed by atoms with Crippen molar-refractivity contribution in [1.29, 1.82) is 0 Å². The number of aromatic nitrogens is 1. The van der Waals surface area contributed by atoms with E-state index in [1.807, 2.05) is 18.4 Å². The van der Waals surface area contributed by atoms with Crippen LogP contribution < -0.4 is 5.32 Å². The van der Waals surface area contributed by atoms with E-state index < -0.39 is 0 Å². The minimum atomic E-state index is -0.298. The first-order chi connectivity index (χ1) is 11.1. The van der Waals surface area contributed by atoms with E-state index in [9.17, 15) is 9.18 Å². The SMILES string of the molecule is Cc1oc(-c2ccc(F)cc2)nc1CCNC(=O)c1cccs1. The summed E-state index contributed by atoms with van der Waals surface area (Å²) in [5, 5.41) is 4.72. The van der Waals surface area contributed by atoms with Gasteiger partial charge in [-0.15, -0.1) is 11.3 Å². The highest BCUT2D eigenvalue weighted by Gasteiger charge is 2.12. The van der Waals surface area contributed by atoms with Crippen LogP contribution in [0, 0.1) is 12.7 Å². The summed E-state index contributed by atoms with van der Waals surface area (Å²) >= 11 is 1.41. The van der Waals surface area contributed by atoms with Crippen LogP contribution >= 0.6 is 11.3 Å². The van der Waals surface area contributed by atoms with Crippen molar-refractivity contribution in [1.82, 2.24) is 10.3 Å². The second kappa shape index (κ2) is 6.75. The van der Waals surface area contributed by atoms with Crippen LogP contribution in [0.5, 0.6) is 0 Å². The maximum Gasteiger partial charge on any atom is 0.261 e. The number of aryl methyl sites for hydroxylation is 1. The van der Waals surface area contributed by atoms with E-state index in [2.05, 4.69) is 10.3 Å². The molecule has 0 aliphatic heterocycles. The smallest absolute Gasteiger partial charge is 0.261 e. The maximum atomic E-state index is 13.0. The summed E-state index contributed by atoms with van der Waals surface area (Å²) in [6, 6.07) is 9.63. The molecule has 4 nitrogen and oxygen atoms in total. The Labute approximate surface area is 137 Å². The number of benzene rings is 1.